The minimum Gasteiger partial charge on any atom is -0.352 e. The lowest BCUT2D eigenvalue weighted by molar-refractivity contribution is 0.0950. The summed E-state index contributed by atoms with van der Waals surface area (Å²) in [6, 6.07) is 11.2. The van der Waals surface area contributed by atoms with Crippen molar-refractivity contribution >= 4 is 21.6 Å². The van der Waals surface area contributed by atoms with Crippen LogP contribution in [0.5, 0.6) is 0 Å². The number of rotatable bonds is 8. The fourth-order valence-corrected chi connectivity index (χ4v) is 5.08. The van der Waals surface area contributed by atoms with Gasteiger partial charge in [-0.3, -0.25) is 9.10 Å². The fourth-order valence-electron chi connectivity index (χ4n) is 3.84. The number of hydrogen-bond donors (Lipinski definition) is 1. The highest BCUT2D eigenvalue weighted by Crippen LogP contribution is 2.23. The Morgan fingerprint density at radius 2 is 1.97 bits per heavy atom. The van der Waals surface area contributed by atoms with E-state index in [1.807, 2.05) is 0 Å². The first-order chi connectivity index (χ1) is 14.8. The number of hydrogen-bond acceptors (Lipinski definition) is 4. The van der Waals surface area contributed by atoms with E-state index in [1.54, 1.807) is 12.1 Å². The first kappa shape index (κ1) is 23.2. The molecule has 1 N–H and O–H groups in total. The Morgan fingerprint density at radius 1 is 1.23 bits per heavy atom. The molecule has 0 spiro atoms. The maximum Gasteiger partial charge on any atom is 0.264 e. The van der Waals surface area contributed by atoms with E-state index in [0.29, 0.717) is 17.8 Å². The highest BCUT2D eigenvalue weighted by molar-refractivity contribution is 7.92. The average Bonchev–Trinajstić information content (AvgIpc) is 2.77. The van der Waals surface area contributed by atoms with Crippen molar-refractivity contribution in [3.05, 3.63) is 59.9 Å². The van der Waals surface area contributed by atoms with Gasteiger partial charge < -0.3 is 10.2 Å². The molecule has 1 atom stereocenters. The van der Waals surface area contributed by atoms with Crippen LogP contribution in [-0.4, -0.2) is 52.5 Å². The zero-order valence-electron chi connectivity index (χ0n) is 18.1. The predicted octanol–water partition coefficient (Wildman–Crippen LogP) is 3.50. The second kappa shape index (κ2) is 10.2. The molecule has 0 unspecified atom stereocenters. The van der Waals surface area contributed by atoms with Crippen molar-refractivity contribution < 1.29 is 17.6 Å². The third-order valence-corrected chi connectivity index (χ3v) is 7.40. The van der Waals surface area contributed by atoms with Gasteiger partial charge in [0.2, 0.25) is 0 Å². The van der Waals surface area contributed by atoms with Crippen LogP contribution in [0.25, 0.3) is 0 Å². The van der Waals surface area contributed by atoms with E-state index < -0.39 is 15.8 Å². The molecule has 1 aliphatic rings. The van der Waals surface area contributed by atoms with E-state index in [0.717, 1.165) is 36.3 Å². The molecule has 2 aromatic rings. The Labute approximate surface area is 184 Å². The van der Waals surface area contributed by atoms with Crippen LogP contribution in [0, 0.1) is 11.7 Å². The van der Waals surface area contributed by atoms with Gasteiger partial charge in [0, 0.05) is 25.7 Å². The lowest BCUT2D eigenvalue weighted by Gasteiger charge is -2.30. The first-order valence-electron chi connectivity index (χ1n) is 10.6. The molecule has 0 bridgehead atoms. The van der Waals surface area contributed by atoms with Crippen LogP contribution in [0.15, 0.2) is 53.4 Å². The van der Waals surface area contributed by atoms with Crippen molar-refractivity contribution in [3.63, 3.8) is 0 Å². The normalized spacial score (nSPS) is 17.3. The van der Waals surface area contributed by atoms with Crippen molar-refractivity contribution in [1.82, 2.24) is 10.2 Å². The summed E-state index contributed by atoms with van der Waals surface area (Å²) in [7, 11) is -2.48. The maximum atomic E-state index is 13.1. The van der Waals surface area contributed by atoms with Crippen LogP contribution in [0.3, 0.4) is 0 Å². The third-order valence-electron chi connectivity index (χ3n) is 5.62. The van der Waals surface area contributed by atoms with E-state index in [9.17, 15) is 17.6 Å². The third kappa shape index (κ3) is 6.04. The second-order valence-electron chi connectivity index (χ2n) is 8.13. The van der Waals surface area contributed by atoms with Crippen LogP contribution in [0.2, 0.25) is 0 Å². The number of nitrogens with one attached hydrogen (secondary N) is 1. The van der Waals surface area contributed by atoms with Gasteiger partial charge in [0.15, 0.2) is 0 Å². The predicted molar refractivity (Wildman–Crippen MR) is 120 cm³/mol. The number of amides is 1. The van der Waals surface area contributed by atoms with E-state index in [2.05, 4.69) is 17.1 Å². The Kier molecular flexibility index (Phi) is 7.67. The van der Waals surface area contributed by atoms with Gasteiger partial charge in [-0.15, -0.1) is 0 Å². The molecule has 1 amide bonds. The number of sulfonamides is 1. The van der Waals surface area contributed by atoms with Gasteiger partial charge in [-0.25, -0.2) is 12.8 Å². The number of anilines is 1. The maximum absolute atomic E-state index is 13.1. The molecule has 3 rings (SSSR count). The Bertz CT molecular complexity index is 995. The SMILES string of the molecule is C[C@H]1CCCN(CCCNC(=O)c2cccc(S(=O)(=O)N(C)c3ccc(F)cc3)c2)C1. The van der Waals surface area contributed by atoms with E-state index >= 15 is 0 Å². The molecule has 0 saturated carbocycles. The van der Waals surface area contributed by atoms with Crippen LogP contribution in [0.4, 0.5) is 10.1 Å². The van der Waals surface area contributed by atoms with Crippen molar-refractivity contribution in [2.24, 2.45) is 5.92 Å². The molecular formula is C23H30FN3O3S. The van der Waals surface area contributed by atoms with E-state index in [-0.39, 0.29) is 10.8 Å². The lowest BCUT2D eigenvalue weighted by Crippen LogP contribution is -2.36. The minimum atomic E-state index is -3.88. The molecule has 0 aliphatic carbocycles. The summed E-state index contributed by atoms with van der Waals surface area (Å²) in [6.45, 7) is 5.97. The summed E-state index contributed by atoms with van der Waals surface area (Å²) >= 11 is 0. The van der Waals surface area contributed by atoms with Gasteiger partial charge >= 0.3 is 0 Å². The summed E-state index contributed by atoms with van der Waals surface area (Å²) in [5.74, 6) is -0.0161. The molecule has 8 heteroatoms. The highest BCUT2D eigenvalue weighted by Gasteiger charge is 2.22. The Balaban J connectivity index is 1.59. The van der Waals surface area contributed by atoms with Crippen molar-refractivity contribution in [3.8, 4) is 0 Å². The van der Waals surface area contributed by atoms with Crippen molar-refractivity contribution in [2.45, 2.75) is 31.1 Å². The van der Waals surface area contributed by atoms with Crippen LogP contribution in [0.1, 0.15) is 36.5 Å². The fraction of sp³-hybridized carbons (Fsp3) is 0.435. The number of nitrogens with zero attached hydrogens (tertiary/aromatic N) is 2. The summed E-state index contributed by atoms with van der Waals surface area (Å²) in [5.41, 5.74) is 0.628. The van der Waals surface area contributed by atoms with Crippen LogP contribution >= 0.6 is 0 Å². The zero-order valence-corrected chi connectivity index (χ0v) is 18.9. The Morgan fingerprint density at radius 3 is 2.68 bits per heavy atom. The molecule has 6 nitrogen and oxygen atoms in total. The topological polar surface area (TPSA) is 69.7 Å². The lowest BCUT2D eigenvalue weighted by atomic mass is 10.0. The molecule has 1 fully saturated rings. The van der Waals surface area contributed by atoms with Crippen molar-refractivity contribution in [1.29, 1.82) is 0 Å². The molecule has 2 aromatic carbocycles. The first-order valence-corrected chi connectivity index (χ1v) is 12.1. The summed E-state index contributed by atoms with van der Waals surface area (Å²) in [4.78, 5) is 15.0. The molecule has 1 heterocycles. The quantitative estimate of drug-likeness (QED) is 0.629. The number of carbonyl (C=O) groups is 1. The second-order valence-corrected chi connectivity index (χ2v) is 10.1. The standard InChI is InChI=1S/C23H30FN3O3S/c1-18-6-4-14-27(17-18)15-5-13-25-23(28)19-7-3-8-22(16-19)31(29,30)26(2)21-11-9-20(24)10-12-21/h3,7-12,16,18H,4-6,13-15,17H2,1-2H3,(H,25,28)/t18-/m0/s1. The number of carbonyl (C=O) groups excluding carboxylic acids is 1. The van der Waals surface area contributed by atoms with Gasteiger partial charge in [-0.1, -0.05) is 13.0 Å². The number of benzene rings is 2. The van der Waals surface area contributed by atoms with Crippen LogP contribution < -0.4 is 9.62 Å². The monoisotopic (exact) mass is 447 g/mol. The van der Waals surface area contributed by atoms with E-state index in [1.165, 1.54) is 56.3 Å². The molecule has 0 radical (unpaired) electrons. The van der Waals surface area contributed by atoms with Crippen molar-refractivity contribution in [2.75, 3.05) is 37.5 Å². The highest BCUT2D eigenvalue weighted by atomic mass is 32.2. The molecular weight excluding hydrogens is 417 g/mol. The van der Waals surface area contributed by atoms with Gasteiger partial charge in [0.05, 0.1) is 10.6 Å². The van der Waals surface area contributed by atoms with Gasteiger partial charge in [-0.2, -0.15) is 0 Å². The van der Waals surface area contributed by atoms with Gasteiger partial charge in [-0.05, 0) is 80.7 Å². The largest absolute Gasteiger partial charge is 0.352 e. The molecule has 1 aliphatic heterocycles. The van der Waals surface area contributed by atoms with Gasteiger partial charge in [0.25, 0.3) is 15.9 Å². The summed E-state index contributed by atoms with van der Waals surface area (Å²) in [5, 5.41) is 2.88. The number of likely N-dealkylation sites (tertiary alicyclic amines) is 1. The van der Waals surface area contributed by atoms with Crippen LogP contribution in [-0.2, 0) is 10.0 Å². The molecule has 168 valence electrons. The summed E-state index contributed by atoms with van der Waals surface area (Å²) in [6.07, 6.45) is 3.35. The average molecular weight is 448 g/mol. The van der Waals surface area contributed by atoms with Gasteiger partial charge in [0.1, 0.15) is 5.82 Å². The number of halogens is 1. The number of piperidine rings is 1. The zero-order chi connectivity index (χ0) is 22.4. The van der Waals surface area contributed by atoms with E-state index in [4.69, 9.17) is 0 Å². The summed E-state index contributed by atoms with van der Waals surface area (Å²) < 4.78 is 40.1. The molecule has 31 heavy (non-hydrogen) atoms. The molecule has 0 aromatic heterocycles. The molecule has 1 saturated heterocycles. The Hall–Kier alpha value is -2.45. The minimum absolute atomic E-state index is 0.00859. The smallest absolute Gasteiger partial charge is 0.264 e.